The summed E-state index contributed by atoms with van der Waals surface area (Å²) < 4.78 is 36.0. The van der Waals surface area contributed by atoms with E-state index in [-0.39, 0.29) is 11.0 Å². The lowest BCUT2D eigenvalue weighted by Crippen LogP contribution is -2.40. The van der Waals surface area contributed by atoms with Gasteiger partial charge in [0.2, 0.25) is 0 Å². The molecule has 0 bridgehead atoms. The van der Waals surface area contributed by atoms with Gasteiger partial charge in [0.1, 0.15) is 0 Å². The first-order valence-corrected chi connectivity index (χ1v) is 5.31. The lowest BCUT2D eigenvalue weighted by Gasteiger charge is -2.10. The van der Waals surface area contributed by atoms with E-state index in [0.29, 0.717) is 11.0 Å². The van der Waals surface area contributed by atoms with Gasteiger partial charge in [0.25, 0.3) is 0 Å². The van der Waals surface area contributed by atoms with Crippen LogP contribution in [0.5, 0.6) is 0 Å². The van der Waals surface area contributed by atoms with Crippen LogP contribution < -0.4 is 10.9 Å². The second kappa shape index (κ2) is 4.88. The molecule has 2 rings (SSSR count). The van der Waals surface area contributed by atoms with E-state index >= 15 is 0 Å². The summed E-state index contributed by atoms with van der Waals surface area (Å²) in [6.45, 7) is 0. The topological polar surface area (TPSA) is 66.9 Å². The quantitative estimate of drug-likeness (QED) is 0.833. The lowest BCUT2D eigenvalue weighted by atomic mass is 10.3. The zero-order valence-electron chi connectivity index (χ0n) is 9.12. The number of hydrogen-bond acceptors (Lipinski definition) is 4. The van der Waals surface area contributed by atoms with Crippen LogP contribution in [0.4, 0.5) is 19.0 Å². The zero-order chi connectivity index (χ0) is 14.0. The molecule has 1 heterocycles. The van der Waals surface area contributed by atoms with Crippen molar-refractivity contribution in [2.24, 2.45) is 0 Å². The van der Waals surface area contributed by atoms with E-state index in [4.69, 9.17) is 11.6 Å². The van der Waals surface area contributed by atoms with Crippen LogP contribution in [0.25, 0.3) is 11.0 Å². The van der Waals surface area contributed by atoms with Crippen molar-refractivity contribution in [3.05, 3.63) is 29.4 Å². The van der Waals surface area contributed by atoms with Crippen LogP contribution in [0.2, 0.25) is 5.15 Å². The van der Waals surface area contributed by atoms with Gasteiger partial charge in [0.15, 0.2) is 11.0 Å². The number of amides is 1. The third kappa shape index (κ3) is 3.02. The fourth-order valence-corrected chi connectivity index (χ4v) is 1.43. The van der Waals surface area contributed by atoms with Gasteiger partial charge in [-0.25, -0.2) is 9.97 Å². The van der Waals surface area contributed by atoms with Crippen molar-refractivity contribution in [2.45, 2.75) is 6.18 Å². The number of fused-ring (bicyclic) bond motifs is 1. The Kier molecular flexibility index (Phi) is 3.43. The van der Waals surface area contributed by atoms with Gasteiger partial charge in [-0.15, -0.1) is 0 Å². The van der Waals surface area contributed by atoms with E-state index in [1.54, 1.807) is 24.3 Å². The largest absolute Gasteiger partial charge is 0.472 e. The highest BCUT2D eigenvalue weighted by atomic mass is 35.5. The number of carbonyl (C=O) groups is 1. The normalized spacial score (nSPS) is 11.4. The van der Waals surface area contributed by atoms with Crippen LogP contribution in [-0.4, -0.2) is 22.1 Å². The summed E-state index contributed by atoms with van der Waals surface area (Å²) in [6, 6.07) is 6.65. The van der Waals surface area contributed by atoms with Crippen molar-refractivity contribution < 1.29 is 18.0 Å². The first-order valence-electron chi connectivity index (χ1n) is 4.93. The fraction of sp³-hybridized carbons (Fsp3) is 0.100. The summed E-state index contributed by atoms with van der Waals surface area (Å²) in [5.74, 6) is -2.32. The molecule has 0 saturated carbocycles. The Bertz CT molecular complexity index is 632. The monoisotopic (exact) mass is 290 g/mol. The first kappa shape index (κ1) is 13.3. The molecule has 19 heavy (non-hydrogen) atoms. The molecular weight excluding hydrogens is 285 g/mol. The average molecular weight is 291 g/mol. The molecule has 0 radical (unpaired) electrons. The predicted molar refractivity (Wildman–Crippen MR) is 62.4 cm³/mol. The van der Waals surface area contributed by atoms with E-state index in [9.17, 15) is 18.0 Å². The SMILES string of the molecule is O=C(NNc1nc2ccccc2nc1Cl)C(F)(F)F. The number of carbonyl (C=O) groups excluding carboxylic acids is 1. The third-order valence-corrected chi connectivity index (χ3v) is 2.34. The summed E-state index contributed by atoms with van der Waals surface area (Å²) >= 11 is 5.73. The Morgan fingerprint density at radius 2 is 1.74 bits per heavy atom. The molecule has 5 nitrogen and oxygen atoms in total. The van der Waals surface area contributed by atoms with Crippen molar-refractivity contribution in [3.8, 4) is 0 Å². The molecule has 1 aromatic carbocycles. The van der Waals surface area contributed by atoms with Gasteiger partial charge in [0.05, 0.1) is 11.0 Å². The molecule has 0 atom stereocenters. The Morgan fingerprint density at radius 1 is 1.16 bits per heavy atom. The molecule has 0 aliphatic rings. The van der Waals surface area contributed by atoms with Gasteiger partial charge < -0.3 is 0 Å². The fourth-order valence-electron chi connectivity index (χ4n) is 1.24. The summed E-state index contributed by atoms with van der Waals surface area (Å²) in [5.41, 5.74) is 4.34. The first-order chi connectivity index (χ1) is 8.88. The van der Waals surface area contributed by atoms with Gasteiger partial charge in [-0.3, -0.25) is 15.6 Å². The highest BCUT2D eigenvalue weighted by molar-refractivity contribution is 6.32. The molecule has 0 saturated heterocycles. The predicted octanol–water partition coefficient (Wildman–Crippen LogP) is 2.29. The maximum Gasteiger partial charge on any atom is 0.472 e. The van der Waals surface area contributed by atoms with E-state index in [1.165, 1.54) is 5.43 Å². The third-order valence-electron chi connectivity index (χ3n) is 2.08. The Balaban J connectivity index is 2.21. The molecule has 1 amide bonds. The van der Waals surface area contributed by atoms with Gasteiger partial charge in [0, 0.05) is 0 Å². The van der Waals surface area contributed by atoms with Crippen LogP contribution in [0.15, 0.2) is 24.3 Å². The lowest BCUT2D eigenvalue weighted by molar-refractivity contribution is -0.173. The highest BCUT2D eigenvalue weighted by Crippen LogP contribution is 2.20. The molecule has 0 aliphatic heterocycles. The summed E-state index contributed by atoms with van der Waals surface area (Å²) in [4.78, 5) is 18.5. The van der Waals surface area contributed by atoms with Crippen LogP contribution in [0, 0.1) is 0 Å². The molecule has 1 aromatic heterocycles. The number of nitrogens with one attached hydrogen (secondary N) is 2. The average Bonchev–Trinajstić information content (AvgIpc) is 2.34. The van der Waals surface area contributed by atoms with Crippen molar-refractivity contribution in [1.29, 1.82) is 0 Å². The number of rotatable bonds is 2. The summed E-state index contributed by atoms with van der Waals surface area (Å²) in [6.07, 6.45) is -5.00. The minimum absolute atomic E-state index is 0.152. The Morgan fingerprint density at radius 3 is 2.32 bits per heavy atom. The Labute approximate surface area is 109 Å². The molecule has 0 unspecified atom stereocenters. The number of nitrogens with zero attached hydrogens (tertiary/aromatic N) is 2. The number of benzene rings is 1. The molecular formula is C10H6ClF3N4O. The molecule has 9 heteroatoms. The number of aromatic nitrogens is 2. The van der Waals surface area contributed by atoms with Crippen LogP contribution in [0.3, 0.4) is 0 Å². The number of hydrazine groups is 1. The molecule has 0 fully saturated rings. The van der Waals surface area contributed by atoms with Crippen molar-refractivity contribution >= 4 is 34.4 Å². The minimum atomic E-state index is -5.00. The summed E-state index contributed by atoms with van der Waals surface area (Å²) in [5, 5.41) is -0.152. The molecule has 2 N–H and O–H groups in total. The maximum absolute atomic E-state index is 12.0. The molecule has 100 valence electrons. The zero-order valence-corrected chi connectivity index (χ0v) is 9.88. The van der Waals surface area contributed by atoms with Crippen LogP contribution in [-0.2, 0) is 4.79 Å². The van der Waals surface area contributed by atoms with E-state index in [2.05, 4.69) is 9.97 Å². The standard InChI is InChI=1S/C10H6ClF3N4O/c11-7-8(17-18-9(19)10(12,13)14)16-6-4-2-1-3-5(6)15-7/h1-4H,(H,16,17)(H,18,19). The second-order valence-corrected chi connectivity index (χ2v) is 3.79. The van der Waals surface area contributed by atoms with Crippen LogP contribution >= 0.6 is 11.6 Å². The smallest absolute Gasteiger partial charge is 0.279 e. The number of halogens is 4. The second-order valence-electron chi connectivity index (χ2n) is 3.43. The number of hydrogen-bond donors (Lipinski definition) is 2. The van der Waals surface area contributed by atoms with E-state index < -0.39 is 12.1 Å². The molecule has 2 aromatic rings. The van der Waals surface area contributed by atoms with Crippen molar-refractivity contribution in [2.75, 3.05) is 5.43 Å². The van der Waals surface area contributed by atoms with Crippen molar-refractivity contribution in [1.82, 2.24) is 15.4 Å². The number of para-hydroxylation sites is 2. The van der Waals surface area contributed by atoms with Gasteiger partial charge in [-0.1, -0.05) is 23.7 Å². The van der Waals surface area contributed by atoms with E-state index in [1.807, 2.05) is 5.43 Å². The minimum Gasteiger partial charge on any atom is -0.279 e. The summed E-state index contributed by atoms with van der Waals surface area (Å²) in [7, 11) is 0. The number of anilines is 1. The van der Waals surface area contributed by atoms with Gasteiger partial charge in [-0.2, -0.15) is 13.2 Å². The van der Waals surface area contributed by atoms with Gasteiger partial charge >= 0.3 is 12.1 Å². The molecule has 0 aliphatic carbocycles. The van der Waals surface area contributed by atoms with Crippen molar-refractivity contribution in [3.63, 3.8) is 0 Å². The van der Waals surface area contributed by atoms with Crippen LogP contribution in [0.1, 0.15) is 0 Å². The Hall–Kier alpha value is -2.09. The van der Waals surface area contributed by atoms with Gasteiger partial charge in [-0.05, 0) is 12.1 Å². The molecule has 0 spiro atoms. The highest BCUT2D eigenvalue weighted by Gasteiger charge is 2.38. The maximum atomic E-state index is 12.0. The van der Waals surface area contributed by atoms with E-state index in [0.717, 1.165) is 0 Å². The number of alkyl halides is 3.